The number of hydrogen-bond donors (Lipinski definition) is 1. The normalized spacial score (nSPS) is 11.4. The fraction of sp³-hybridized carbons (Fsp3) is 0.400. The summed E-state index contributed by atoms with van der Waals surface area (Å²) in [5.41, 5.74) is 7.04. The average Bonchev–Trinajstić information content (AvgIpc) is 2.28. The zero-order valence-corrected chi connectivity index (χ0v) is 9.79. The number of para-hydroxylation sites is 1. The maximum absolute atomic E-state index is 11.7. The van der Waals surface area contributed by atoms with Crippen molar-refractivity contribution < 1.29 is 8.42 Å². The number of sulfonamides is 1. The number of nitrogens with zero attached hydrogens (tertiary/aromatic N) is 1. The van der Waals surface area contributed by atoms with Crippen LogP contribution in [0.25, 0.3) is 0 Å². The Hall–Kier alpha value is -1.07. The van der Waals surface area contributed by atoms with E-state index in [0.29, 0.717) is 12.2 Å². The van der Waals surface area contributed by atoms with Crippen molar-refractivity contribution in [3.8, 4) is 0 Å². The molecule has 1 aromatic rings. The summed E-state index contributed by atoms with van der Waals surface area (Å²) in [6, 6.07) is 7.24. The van der Waals surface area contributed by atoms with Crippen molar-refractivity contribution in [3.63, 3.8) is 0 Å². The second kappa shape index (κ2) is 4.63. The lowest BCUT2D eigenvalue weighted by molar-refractivity contribution is 0.595. The molecule has 84 valence electrons. The highest BCUT2D eigenvalue weighted by Gasteiger charge is 2.17. The van der Waals surface area contributed by atoms with Crippen LogP contribution >= 0.6 is 0 Å². The van der Waals surface area contributed by atoms with E-state index in [1.165, 1.54) is 4.31 Å². The first-order valence-corrected chi connectivity index (χ1v) is 6.38. The second-order valence-corrected chi connectivity index (χ2v) is 5.49. The van der Waals surface area contributed by atoms with E-state index in [-0.39, 0.29) is 5.75 Å². The van der Waals surface area contributed by atoms with E-state index in [0.717, 1.165) is 5.56 Å². The van der Waals surface area contributed by atoms with E-state index in [1.54, 1.807) is 26.1 Å². The van der Waals surface area contributed by atoms with E-state index < -0.39 is 10.0 Å². The van der Waals surface area contributed by atoms with E-state index in [9.17, 15) is 8.42 Å². The monoisotopic (exact) mass is 228 g/mol. The first-order chi connectivity index (χ1) is 7.03. The van der Waals surface area contributed by atoms with Crippen LogP contribution in [-0.4, -0.2) is 21.2 Å². The molecule has 0 unspecified atom stereocenters. The van der Waals surface area contributed by atoms with Crippen LogP contribution in [0.3, 0.4) is 0 Å². The largest absolute Gasteiger partial charge is 0.326 e. The van der Waals surface area contributed by atoms with Gasteiger partial charge in [-0.25, -0.2) is 8.42 Å². The zero-order valence-electron chi connectivity index (χ0n) is 8.97. The molecule has 0 aromatic heterocycles. The molecule has 15 heavy (non-hydrogen) atoms. The molecule has 5 heteroatoms. The van der Waals surface area contributed by atoms with Gasteiger partial charge in [0.25, 0.3) is 0 Å². The van der Waals surface area contributed by atoms with Crippen LogP contribution in [0.15, 0.2) is 24.3 Å². The maximum Gasteiger partial charge on any atom is 0.234 e. The molecular formula is C10H16N2O2S. The summed E-state index contributed by atoms with van der Waals surface area (Å²) in [6.07, 6.45) is 0. The quantitative estimate of drug-likeness (QED) is 0.834. The molecule has 4 nitrogen and oxygen atoms in total. The van der Waals surface area contributed by atoms with Crippen molar-refractivity contribution in [1.82, 2.24) is 0 Å². The van der Waals surface area contributed by atoms with Crippen LogP contribution in [-0.2, 0) is 16.6 Å². The summed E-state index contributed by atoms with van der Waals surface area (Å²) in [6.45, 7) is 1.95. The molecule has 0 fully saturated rings. The van der Waals surface area contributed by atoms with E-state index in [2.05, 4.69) is 0 Å². The smallest absolute Gasteiger partial charge is 0.234 e. The van der Waals surface area contributed by atoms with Gasteiger partial charge in [-0.05, 0) is 18.6 Å². The van der Waals surface area contributed by atoms with Crippen LogP contribution in [0.1, 0.15) is 12.5 Å². The molecule has 1 rings (SSSR count). The molecule has 0 atom stereocenters. The number of nitrogens with two attached hydrogens (primary N) is 1. The Morgan fingerprint density at radius 3 is 2.47 bits per heavy atom. The van der Waals surface area contributed by atoms with Gasteiger partial charge in [-0.15, -0.1) is 0 Å². The molecule has 0 saturated heterocycles. The fourth-order valence-corrected chi connectivity index (χ4v) is 2.20. The lowest BCUT2D eigenvalue weighted by atomic mass is 10.2. The van der Waals surface area contributed by atoms with Gasteiger partial charge in [0, 0.05) is 13.6 Å². The SMILES string of the molecule is CCS(=O)(=O)N(C)c1ccccc1CN. The molecule has 0 bridgehead atoms. The summed E-state index contributed by atoms with van der Waals surface area (Å²) < 4.78 is 24.6. The van der Waals surface area contributed by atoms with Gasteiger partial charge in [0.05, 0.1) is 11.4 Å². The second-order valence-electron chi connectivity index (χ2n) is 3.20. The third kappa shape index (κ3) is 2.49. The Labute approximate surface area is 90.8 Å². The molecular weight excluding hydrogens is 212 g/mol. The Morgan fingerprint density at radius 1 is 1.33 bits per heavy atom. The Balaban J connectivity index is 3.17. The molecule has 0 saturated carbocycles. The van der Waals surface area contributed by atoms with Crippen molar-refractivity contribution in [2.45, 2.75) is 13.5 Å². The predicted octanol–water partition coefficient (Wildman–Crippen LogP) is 0.931. The highest BCUT2D eigenvalue weighted by molar-refractivity contribution is 7.92. The van der Waals surface area contributed by atoms with Crippen molar-refractivity contribution >= 4 is 15.7 Å². The van der Waals surface area contributed by atoms with Gasteiger partial charge < -0.3 is 5.73 Å². The standard InChI is InChI=1S/C10H16N2O2S/c1-3-15(13,14)12(2)10-7-5-4-6-9(10)8-11/h4-7H,3,8,11H2,1-2H3. The topological polar surface area (TPSA) is 63.4 Å². The molecule has 0 aliphatic rings. The lowest BCUT2D eigenvalue weighted by Crippen LogP contribution is -2.29. The Bertz CT molecular complexity index is 429. The maximum atomic E-state index is 11.7. The molecule has 0 radical (unpaired) electrons. The predicted molar refractivity (Wildman–Crippen MR) is 62.2 cm³/mol. The van der Waals surface area contributed by atoms with Gasteiger partial charge in [-0.2, -0.15) is 0 Å². The van der Waals surface area contributed by atoms with Crippen LogP contribution in [0.4, 0.5) is 5.69 Å². The molecule has 0 amide bonds. The average molecular weight is 228 g/mol. The highest BCUT2D eigenvalue weighted by atomic mass is 32.2. The van der Waals surface area contributed by atoms with Crippen LogP contribution in [0.2, 0.25) is 0 Å². The molecule has 2 N–H and O–H groups in total. The zero-order chi connectivity index (χ0) is 11.5. The molecule has 0 spiro atoms. The summed E-state index contributed by atoms with van der Waals surface area (Å²) in [5, 5.41) is 0. The van der Waals surface area contributed by atoms with Crippen LogP contribution in [0.5, 0.6) is 0 Å². The summed E-state index contributed by atoms with van der Waals surface area (Å²) >= 11 is 0. The van der Waals surface area contributed by atoms with Gasteiger partial charge in [0.2, 0.25) is 10.0 Å². The molecule has 0 heterocycles. The van der Waals surface area contributed by atoms with E-state index in [1.807, 2.05) is 12.1 Å². The highest BCUT2D eigenvalue weighted by Crippen LogP contribution is 2.21. The van der Waals surface area contributed by atoms with Crippen molar-refractivity contribution in [2.75, 3.05) is 17.1 Å². The third-order valence-corrected chi connectivity index (χ3v) is 4.09. The van der Waals surface area contributed by atoms with Crippen LogP contribution in [0, 0.1) is 0 Å². The third-order valence-electron chi connectivity index (χ3n) is 2.33. The Morgan fingerprint density at radius 2 is 1.93 bits per heavy atom. The first kappa shape index (κ1) is 12.0. The molecule has 0 aliphatic heterocycles. The number of hydrogen-bond acceptors (Lipinski definition) is 3. The van der Waals surface area contributed by atoms with Crippen molar-refractivity contribution in [3.05, 3.63) is 29.8 Å². The number of anilines is 1. The number of benzene rings is 1. The minimum atomic E-state index is -3.21. The van der Waals surface area contributed by atoms with Gasteiger partial charge in [0.1, 0.15) is 0 Å². The van der Waals surface area contributed by atoms with Gasteiger partial charge in [0.15, 0.2) is 0 Å². The summed E-state index contributed by atoms with van der Waals surface area (Å²) in [4.78, 5) is 0. The van der Waals surface area contributed by atoms with Crippen molar-refractivity contribution in [1.29, 1.82) is 0 Å². The van der Waals surface area contributed by atoms with Crippen LogP contribution < -0.4 is 10.0 Å². The summed E-state index contributed by atoms with van der Waals surface area (Å²) in [5.74, 6) is 0.0857. The van der Waals surface area contributed by atoms with Gasteiger partial charge in [-0.1, -0.05) is 18.2 Å². The van der Waals surface area contributed by atoms with Gasteiger partial charge in [-0.3, -0.25) is 4.31 Å². The molecule has 1 aromatic carbocycles. The van der Waals surface area contributed by atoms with E-state index in [4.69, 9.17) is 5.73 Å². The number of rotatable bonds is 4. The van der Waals surface area contributed by atoms with Gasteiger partial charge >= 0.3 is 0 Å². The Kier molecular flexibility index (Phi) is 3.71. The minimum absolute atomic E-state index is 0.0857. The minimum Gasteiger partial charge on any atom is -0.326 e. The lowest BCUT2D eigenvalue weighted by Gasteiger charge is -2.20. The summed E-state index contributed by atoms with van der Waals surface area (Å²) in [7, 11) is -1.66. The first-order valence-electron chi connectivity index (χ1n) is 4.77. The fourth-order valence-electron chi connectivity index (χ4n) is 1.33. The van der Waals surface area contributed by atoms with Crippen molar-refractivity contribution in [2.24, 2.45) is 5.73 Å². The van der Waals surface area contributed by atoms with E-state index >= 15 is 0 Å². The molecule has 0 aliphatic carbocycles.